The van der Waals surface area contributed by atoms with Crippen molar-refractivity contribution >= 4 is 98.4 Å². The molecule has 4 aliphatic heterocycles. The SMILES string of the molecule is CCCCCCc1cc(CCCCCC)cc(-c2c3nc(c(-c4ccc(C)cc4)c4ccc([nH]4)c(-c4cc(CCCCCC)cc(CCCCCC)c4)c4nc(cc5ccc2[nH]5)C=C4)C=C3)c1.CCCCCCc1cc(CCCCCC)cc(-c2c3nc(c(-c4ccc(N)cc4)c4ccc([nH]4)c(-c4cc(CCCCCC)cc(CCCCCC)c4)c4nc(c(CC)c5ccc2[nH]5)C=C4)C=C3)c1.[HH].[HH]. The van der Waals surface area contributed by atoms with Crippen molar-refractivity contribution in [3.05, 3.63) is 277 Å². The molecule has 6 N–H and O–H groups in total. The third-order valence-electron chi connectivity index (χ3n) is 28.2. The molecule has 712 valence electrons. The quantitative estimate of drug-likeness (QED) is 0.0191. The fourth-order valence-corrected chi connectivity index (χ4v) is 20.8. The second-order valence-corrected chi connectivity index (χ2v) is 39.4. The van der Waals surface area contributed by atoms with Crippen LogP contribution in [0.25, 0.3) is 160 Å². The first-order valence-electron chi connectivity index (χ1n) is 53.6. The van der Waals surface area contributed by atoms with Crippen LogP contribution in [0.5, 0.6) is 0 Å². The summed E-state index contributed by atoms with van der Waals surface area (Å²) in [5.41, 5.74) is 51.0. The normalized spacial score (nSPS) is 12.1. The van der Waals surface area contributed by atoms with Gasteiger partial charge in [-0.2, -0.15) is 0 Å². The Hall–Kier alpha value is -11.7. The first kappa shape index (κ1) is 98.8. The van der Waals surface area contributed by atoms with Gasteiger partial charge in [-0.3, -0.25) is 0 Å². The third-order valence-corrected chi connectivity index (χ3v) is 28.2. The number of aryl methyl sites for hydroxylation is 10. The highest BCUT2D eigenvalue weighted by atomic mass is 14.8. The molecule has 0 spiro atoms. The summed E-state index contributed by atoms with van der Waals surface area (Å²) >= 11 is 0. The van der Waals surface area contributed by atoms with E-state index in [-0.39, 0.29) is 2.85 Å². The highest BCUT2D eigenvalue weighted by molar-refractivity contribution is 6.01. The monoisotopic (exact) mass is 1810 g/mol. The molecule has 6 aromatic heterocycles. The zero-order valence-electron chi connectivity index (χ0n) is 84.2. The number of benzene rings is 6. The van der Waals surface area contributed by atoms with Gasteiger partial charge in [-0.05, 0) is 309 Å². The van der Waals surface area contributed by atoms with Gasteiger partial charge in [0, 0.05) is 91.6 Å². The molecule has 0 fully saturated rings. The Bertz CT molecular complexity index is 6230. The topological polar surface area (TPSA) is 141 Å². The first-order valence-corrected chi connectivity index (χ1v) is 53.6. The highest BCUT2D eigenvalue weighted by Gasteiger charge is 2.24. The van der Waals surface area contributed by atoms with Gasteiger partial charge >= 0.3 is 0 Å². The van der Waals surface area contributed by atoms with Crippen LogP contribution < -0.4 is 5.73 Å². The molecule has 0 aliphatic carbocycles. The van der Waals surface area contributed by atoms with E-state index < -0.39 is 0 Å². The molecule has 0 saturated carbocycles. The van der Waals surface area contributed by atoms with Crippen LogP contribution in [0.1, 0.15) is 372 Å². The Morgan fingerprint density at radius 1 is 0.221 bits per heavy atom. The van der Waals surface area contributed by atoms with Crippen LogP contribution in [0, 0.1) is 6.92 Å². The average Bonchev–Trinajstić information content (AvgIpc) is 1.62. The van der Waals surface area contributed by atoms with E-state index in [0.717, 1.165) is 198 Å². The smallest absolute Gasteiger partial charge is 0.0737 e. The van der Waals surface area contributed by atoms with Crippen LogP contribution >= 0.6 is 0 Å². The average molecular weight is 1810 g/mol. The lowest BCUT2D eigenvalue weighted by molar-refractivity contribution is 0.661. The Morgan fingerprint density at radius 3 is 0.765 bits per heavy atom. The Kier molecular flexibility index (Phi) is 36.6. The molecule has 10 heterocycles. The fourth-order valence-electron chi connectivity index (χ4n) is 20.8. The molecule has 9 heteroatoms. The summed E-state index contributed by atoms with van der Waals surface area (Å²) in [4.78, 5) is 38.1. The molecule has 0 radical (unpaired) electrons. The molecule has 0 unspecified atom stereocenters. The van der Waals surface area contributed by atoms with Gasteiger partial charge in [-0.15, -0.1) is 0 Å². The van der Waals surface area contributed by atoms with E-state index in [1.807, 2.05) is 12.1 Å². The molecule has 16 bridgehead atoms. The summed E-state index contributed by atoms with van der Waals surface area (Å²) in [6, 6.07) is 67.1. The van der Waals surface area contributed by atoms with Gasteiger partial charge in [-0.25, -0.2) is 19.9 Å². The predicted molar refractivity (Wildman–Crippen MR) is 596 cm³/mol. The molecule has 6 aromatic carbocycles. The lowest BCUT2D eigenvalue weighted by atomic mass is 9.94. The third kappa shape index (κ3) is 26.2. The summed E-state index contributed by atoms with van der Waals surface area (Å²) < 4.78 is 0. The summed E-state index contributed by atoms with van der Waals surface area (Å²) in [6.07, 6.45) is 67.5. The molecule has 16 rings (SSSR count). The van der Waals surface area contributed by atoms with Gasteiger partial charge in [0.05, 0.1) is 45.6 Å². The number of H-pyrrole nitrogens is 4. The van der Waals surface area contributed by atoms with E-state index in [1.54, 1.807) is 0 Å². The number of aromatic nitrogens is 8. The van der Waals surface area contributed by atoms with Gasteiger partial charge in [0.2, 0.25) is 0 Å². The van der Waals surface area contributed by atoms with E-state index >= 15 is 0 Å². The molecular weight excluding hydrogens is 1650 g/mol. The molecule has 12 aromatic rings. The van der Waals surface area contributed by atoms with E-state index in [9.17, 15) is 0 Å². The van der Waals surface area contributed by atoms with Crippen molar-refractivity contribution < 1.29 is 2.85 Å². The van der Waals surface area contributed by atoms with Crippen LogP contribution in [-0.2, 0) is 57.8 Å². The molecule has 0 amide bonds. The van der Waals surface area contributed by atoms with Crippen molar-refractivity contribution in [1.29, 1.82) is 0 Å². The van der Waals surface area contributed by atoms with Gasteiger partial charge < -0.3 is 25.7 Å². The molecule has 0 saturated heterocycles. The van der Waals surface area contributed by atoms with Gasteiger partial charge in [0.1, 0.15) is 0 Å². The Labute approximate surface area is 818 Å². The van der Waals surface area contributed by atoms with Crippen LogP contribution in [0.15, 0.2) is 176 Å². The zero-order valence-corrected chi connectivity index (χ0v) is 84.2. The fraction of sp³-hybridized carbons (Fsp3) is 0.402. The van der Waals surface area contributed by atoms with Crippen molar-refractivity contribution in [2.45, 2.75) is 332 Å². The molecule has 9 nitrogen and oxygen atoms in total. The maximum atomic E-state index is 6.34. The number of aromatic amines is 4. The number of nitrogens with zero attached hydrogens (tertiary/aromatic N) is 4. The van der Waals surface area contributed by atoms with Crippen molar-refractivity contribution in [3.8, 4) is 66.8 Å². The van der Waals surface area contributed by atoms with E-state index in [4.69, 9.17) is 25.7 Å². The second-order valence-electron chi connectivity index (χ2n) is 39.4. The van der Waals surface area contributed by atoms with Gasteiger partial charge in [-0.1, -0.05) is 331 Å². The lowest BCUT2D eigenvalue weighted by Crippen LogP contribution is -1.95. The number of nitrogens with two attached hydrogens (primary N) is 1. The summed E-state index contributed by atoms with van der Waals surface area (Å²) in [7, 11) is 0. The Morgan fingerprint density at radius 2 is 0.463 bits per heavy atom. The minimum absolute atomic E-state index is 0. The number of unbranched alkanes of at least 4 members (excludes halogenated alkanes) is 24. The maximum absolute atomic E-state index is 6.34. The number of fused-ring (bicyclic) bond motifs is 16. The lowest BCUT2D eigenvalue weighted by Gasteiger charge is -2.12. The second kappa shape index (κ2) is 50.4. The highest BCUT2D eigenvalue weighted by Crippen LogP contribution is 2.43. The van der Waals surface area contributed by atoms with Gasteiger partial charge in [0.15, 0.2) is 0 Å². The molecule has 4 aliphatic rings. The van der Waals surface area contributed by atoms with Crippen LogP contribution in [-0.4, -0.2) is 39.9 Å². The molecular formula is C127H159N9. The largest absolute Gasteiger partial charge is 0.399 e. The minimum Gasteiger partial charge on any atom is -0.399 e. The number of rotatable bonds is 47. The zero-order chi connectivity index (χ0) is 94.3. The van der Waals surface area contributed by atoms with Crippen molar-refractivity contribution in [2.75, 3.05) is 5.73 Å². The summed E-state index contributed by atoms with van der Waals surface area (Å²) in [6.45, 7) is 22.8. The number of anilines is 1. The maximum Gasteiger partial charge on any atom is 0.0737 e. The van der Waals surface area contributed by atoms with Crippen molar-refractivity contribution in [3.63, 3.8) is 0 Å². The number of hydrogen-bond donors (Lipinski definition) is 5. The van der Waals surface area contributed by atoms with Crippen LogP contribution in [0.3, 0.4) is 0 Å². The Balaban J connectivity index is 0.000000230. The standard InChI is InChI=1S/C64H79N5.C63H76N4.2H2/c1-6-11-15-19-23-45-39-46(24-20-16-12-7-2)42-50(41-45)63-58-33-31-54(66-58)53(10-5)55-32-34-59(67-55)64(51-43-47(25-21-17-13-8-3)40-48(44-51)26-22-18-14-9-4)61-38-36-57(69-61)62(56-35-37-60(63)68-56)49-27-29-52(65)30-28-49;1-6-10-14-18-22-46-38-47(23-19-15-11-7-2)41-51(40-46)62-55-32-30-53(64-55)44-54-31-33-56(65-54)63(52-42-48(24-20-16-12-8-3)39-49(43-52)25-21-17-13-9-4)60-37-35-58(67-60)61(57-34-36-59(62)66-57)50-28-26-45(5)27-29-50;;/h27-44,66,69H,6-26,65H2,1-5H3;26-44,64,67H,6-25H2,1-5H3;2*1H. The summed E-state index contributed by atoms with van der Waals surface area (Å²) in [5, 5.41) is 0. The van der Waals surface area contributed by atoms with Crippen LogP contribution in [0.2, 0.25) is 0 Å². The van der Waals surface area contributed by atoms with E-state index in [1.165, 1.54) is 283 Å². The first-order chi connectivity index (χ1) is 66.8. The van der Waals surface area contributed by atoms with Gasteiger partial charge in [0.25, 0.3) is 0 Å². The van der Waals surface area contributed by atoms with Crippen LogP contribution in [0.4, 0.5) is 5.69 Å². The number of nitrogens with one attached hydrogen (secondary N) is 4. The molecule has 136 heavy (non-hydrogen) atoms. The predicted octanol–water partition coefficient (Wildman–Crippen LogP) is 37.2. The van der Waals surface area contributed by atoms with E-state index in [0.29, 0.717) is 0 Å². The number of hydrogen-bond acceptors (Lipinski definition) is 5. The number of nitrogen functional groups attached to an aromatic ring is 1. The molecule has 0 atom stereocenters. The van der Waals surface area contributed by atoms with Crippen molar-refractivity contribution in [1.82, 2.24) is 39.9 Å². The minimum atomic E-state index is 0. The van der Waals surface area contributed by atoms with E-state index in [2.05, 4.69) is 302 Å². The van der Waals surface area contributed by atoms with Crippen molar-refractivity contribution in [2.24, 2.45) is 0 Å². The summed E-state index contributed by atoms with van der Waals surface area (Å²) in [5.74, 6) is 0.